The first-order valence-electron chi connectivity index (χ1n) is 9.24. The summed E-state index contributed by atoms with van der Waals surface area (Å²) in [7, 11) is 0. The van der Waals surface area contributed by atoms with E-state index in [4.69, 9.17) is 5.73 Å². The van der Waals surface area contributed by atoms with Crippen LogP contribution in [0.25, 0.3) is 11.3 Å². The van der Waals surface area contributed by atoms with Crippen LogP contribution in [0.1, 0.15) is 11.5 Å². The van der Waals surface area contributed by atoms with Crippen LogP contribution in [0.15, 0.2) is 48.8 Å². The Balaban J connectivity index is 1.41. The molecule has 2 aromatic heterocycles. The molecule has 148 valence electrons. The third-order valence-electron chi connectivity index (χ3n) is 4.94. The number of nitrogens with two attached hydrogens (primary N) is 1. The number of hydrogen-bond donors (Lipinski definition) is 1. The highest BCUT2D eigenvalue weighted by molar-refractivity contribution is 5.81. The van der Waals surface area contributed by atoms with Gasteiger partial charge in [0, 0.05) is 49.5 Å². The first-order valence-corrected chi connectivity index (χ1v) is 9.24. The Morgan fingerprint density at radius 3 is 2.62 bits per heavy atom. The molecule has 1 aliphatic heterocycles. The van der Waals surface area contributed by atoms with Crippen LogP contribution < -0.4 is 5.73 Å². The molecular weight excluding hydrogens is 376 g/mol. The Morgan fingerprint density at radius 2 is 1.90 bits per heavy atom. The highest BCUT2D eigenvalue weighted by Gasteiger charge is 2.31. The smallest absolute Gasteiger partial charge is 0.228 e. The lowest BCUT2D eigenvalue weighted by Crippen LogP contribution is -2.51. The molecule has 0 radical (unpaired) electrons. The van der Waals surface area contributed by atoms with Crippen LogP contribution >= 0.6 is 0 Å². The number of anilines is 1. The number of nitrogens with zero attached hydrogens (tertiary/aromatic N) is 4. The van der Waals surface area contributed by atoms with Crippen molar-refractivity contribution in [2.45, 2.75) is 12.8 Å². The number of carbonyl (C=O) groups is 1. The molecule has 0 aliphatic carbocycles. The van der Waals surface area contributed by atoms with Crippen LogP contribution in [0.4, 0.5) is 14.5 Å². The molecule has 1 saturated heterocycles. The van der Waals surface area contributed by atoms with Crippen molar-refractivity contribution >= 4 is 11.6 Å². The Bertz CT molecular complexity index is 1040. The summed E-state index contributed by atoms with van der Waals surface area (Å²) in [5, 5.41) is 0. The Labute approximate surface area is 166 Å². The number of carbonyl (C=O) groups excluding carboxylic acids is 1. The second kappa shape index (κ2) is 7.90. The number of aromatic nitrogens is 3. The Kier molecular flexibility index (Phi) is 5.16. The van der Waals surface area contributed by atoms with E-state index in [1.165, 1.54) is 6.07 Å². The van der Waals surface area contributed by atoms with Gasteiger partial charge in [0.05, 0.1) is 23.5 Å². The maximum Gasteiger partial charge on any atom is 0.228 e. The molecular formula is C21H19F2N5O. The highest BCUT2D eigenvalue weighted by Crippen LogP contribution is 2.25. The minimum Gasteiger partial charge on any atom is -0.397 e. The summed E-state index contributed by atoms with van der Waals surface area (Å²) in [4.78, 5) is 27.1. The van der Waals surface area contributed by atoms with Gasteiger partial charge in [-0.1, -0.05) is 0 Å². The predicted octanol–water partition coefficient (Wildman–Crippen LogP) is 2.64. The molecule has 0 spiro atoms. The van der Waals surface area contributed by atoms with E-state index in [2.05, 4.69) is 15.0 Å². The van der Waals surface area contributed by atoms with Gasteiger partial charge in [-0.25, -0.2) is 18.7 Å². The lowest BCUT2D eigenvalue weighted by Gasteiger charge is -2.39. The van der Waals surface area contributed by atoms with E-state index in [9.17, 15) is 13.6 Å². The van der Waals surface area contributed by atoms with Crippen LogP contribution in [0.3, 0.4) is 0 Å². The van der Waals surface area contributed by atoms with Gasteiger partial charge < -0.3 is 10.6 Å². The van der Waals surface area contributed by atoms with Gasteiger partial charge in [-0.05, 0) is 30.3 Å². The fraction of sp³-hybridized carbons (Fsp3) is 0.238. The zero-order valence-electron chi connectivity index (χ0n) is 15.6. The molecule has 2 N–H and O–H groups in total. The van der Waals surface area contributed by atoms with Crippen molar-refractivity contribution in [3.05, 3.63) is 71.9 Å². The van der Waals surface area contributed by atoms with Gasteiger partial charge >= 0.3 is 0 Å². The standard InChI is InChI=1S/C21H19F2N5O/c22-14-2-3-15(16(23)9-14)18-5-4-17(24)19(27-18)10-21(29)28-11-13(12-28)8-20-25-6-1-7-26-20/h1-7,9,13H,8,10-12,24H2. The maximum atomic E-state index is 14.0. The SMILES string of the molecule is Nc1ccc(-c2ccc(F)cc2F)nc1CC(=O)N1CC(Cc2ncccn2)C1. The largest absolute Gasteiger partial charge is 0.397 e. The van der Waals surface area contributed by atoms with E-state index in [0.29, 0.717) is 36.1 Å². The number of halogens is 2. The molecule has 1 aliphatic rings. The van der Waals surface area contributed by atoms with Crippen LogP contribution in [0.2, 0.25) is 0 Å². The van der Waals surface area contributed by atoms with Crippen molar-refractivity contribution in [1.82, 2.24) is 19.9 Å². The fourth-order valence-electron chi connectivity index (χ4n) is 3.35. The molecule has 29 heavy (non-hydrogen) atoms. The number of pyridine rings is 1. The van der Waals surface area contributed by atoms with Gasteiger partial charge in [-0.3, -0.25) is 9.78 Å². The van der Waals surface area contributed by atoms with E-state index in [1.807, 2.05) is 0 Å². The van der Waals surface area contributed by atoms with Crippen LogP contribution in [-0.4, -0.2) is 38.8 Å². The highest BCUT2D eigenvalue weighted by atomic mass is 19.1. The molecule has 6 nitrogen and oxygen atoms in total. The number of likely N-dealkylation sites (tertiary alicyclic amines) is 1. The van der Waals surface area contributed by atoms with E-state index in [0.717, 1.165) is 24.4 Å². The summed E-state index contributed by atoms with van der Waals surface area (Å²) in [6.45, 7) is 1.26. The van der Waals surface area contributed by atoms with Crippen LogP contribution in [0, 0.1) is 17.6 Å². The van der Waals surface area contributed by atoms with Gasteiger partial charge in [0.1, 0.15) is 17.5 Å². The monoisotopic (exact) mass is 395 g/mol. The third-order valence-corrected chi connectivity index (χ3v) is 4.94. The van der Waals surface area contributed by atoms with E-state index in [-0.39, 0.29) is 17.9 Å². The minimum atomic E-state index is -0.715. The average molecular weight is 395 g/mol. The molecule has 0 unspecified atom stereocenters. The first kappa shape index (κ1) is 18.9. The third kappa shape index (κ3) is 4.21. The summed E-state index contributed by atoms with van der Waals surface area (Å²) in [5.41, 5.74) is 7.17. The average Bonchev–Trinajstić information content (AvgIpc) is 2.67. The summed E-state index contributed by atoms with van der Waals surface area (Å²) >= 11 is 0. The topological polar surface area (TPSA) is 85.0 Å². The van der Waals surface area contributed by atoms with E-state index >= 15 is 0 Å². The second-order valence-electron chi connectivity index (χ2n) is 7.07. The summed E-state index contributed by atoms with van der Waals surface area (Å²) < 4.78 is 27.2. The zero-order chi connectivity index (χ0) is 20.4. The van der Waals surface area contributed by atoms with Crippen molar-refractivity contribution in [3.63, 3.8) is 0 Å². The molecule has 1 aromatic carbocycles. The predicted molar refractivity (Wildman–Crippen MR) is 104 cm³/mol. The molecule has 0 bridgehead atoms. The number of amides is 1. The van der Waals surface area contributed by atoms with Crippen molar-refractivity contribution in [1.29, 1.82) is 0 Å². The van der Waals surface area contributed by atoms with Crippen molar-refractivity contribution in [2.75, 3.05) is 18.8 Å². The van der Waals surface area contributed by atoms with E-state index in [1.54, 1.807) is 35.5 Å². The van der Waals surface area contributed by atoms with Crippen molar-refractivity contribution in [3.8, 4) is 11.3 Å². The molecule has 1 amide bonds. The molecule has 3 heterocycles. The van der Waals surface area contributed by atoms with Crippen molar-refractivity contribution in [2.24, 2.45) is 5.92 Å². The minimum absolute atomic E-state index is 0.0248. The zero-order valence-corrected chi connectivity index (χ0v) is 15.6. The van der Waals surface area contributed by atoms with Gasteiger partial charge in [-0.15, -0.1) is 0 Å². The lowest BCUT2D eigenvalue weighted by molar-refractivity contribution is -0.136. The number of hydrogen-bond acceptors (Lipinski definition) is 5. The quantitative estimate of drug-likeness (QED) is 0.718. The molecule has 1 fully saturated rings. The summed E-state index contributed by atoms with van der Waals surface area (Å²) in [5.74, 6) is -0.374. The maximum absolute atomic E-state index is 14.0. The molecule has 8 heteroatoms. The van der Waals surface area contributed by atoms with E-state index < -0.39 is 11.6 Å². The fourth-order valence-corrected chi connectivity index (χ4v) is 3.35. The first-order chi connectivity index (χ1) is 14.0. The summed E-state index contributed by atoms with van der Waals surface area (Å²) in [6, 6.07) is 8.19. The van der Waals surface area contributed by atoms with Gasteiger partial charge in [-0.2, -0.15) is 0 Å². The molecule has 0 atom stereocenters. The second-order valence-corrected chi connectivity index (χ2v) is 7.07. The molecule has 0 saturated carbocycles. The van der Waals surface area contributed by atoms with Crippen molar-refractivity contribution < 1.29 is 13.6 Å². The lowest BCUT2D eigenvalue weighted by atomic mass is 9.95. The Morgan fingerprint density at radius 1 is 1.14 bits per heavy atom. The van der Waals surface area contributed by atoms with Gasteiger partial charge in [0.2, 0.25) is 5.91 Å². The molecule has 3 aromatic rings. The van der Waals surface area contributed by atoms with Gasteiger partial charge in [0.15, 0.2) is 0 Å². The summed E-state index contributed by atoms with van der Waals surface area (Å²) in [6.07, 6.45) is 4.16. The normalized spacial score (nSPS) is 13.9. The van der Waals surface area contributed by atoms with Gasteiger partial charge in [0.25, 0.3) is 0 Å². The van der Waals surface area contributed by atoms with Crippen LogP contribution in [0.5, 0.6) is 0 Å². The Hall–Kier alpha value is -3.42. The molecule has 4 rings (SSSR count). The number of nitrogen functional groups attached to an aromatic ring is 1. The number of benzene rings is 1. The number of rotatable bonds is 5. The van der Waals surface area contributed by atoms with Crippen LogP contribution in [-0.2, 0) is 17.6 Å².